The van der Waals surface area contributed by atoms with Gasteiger partial charge >= 0.3 is 0 Å². The third-order valence-electron chi connectivity index (χ3n) is 5.08. The van der Waals surface area contributed by atoms with Crippen molar-refractivity contribution >= 4 is 0 Å². The predicted octanol–water partition coefficient (Wildman–Crippen LogP) is 2.30. The van der Waals surface area contributed by atoms with Gasteiger partial charge in [0, 0.05) is 26.2 Å². The molecule has 2 aliphatic rings. The first-order valence-electron chi connectivity index (χ1n) is 10.1. The second-order valence-corrected chi connectivity index (χ2v) is 7.31. The summed E-state index contributed by atoms with van der Waals surface area (Å²) in [6.45, 7) is 6.64. The molecule has 0 bridgehead atoms. The van der Waals surface area contributed by atoms with Gasteiger partial charge in [-0.15, -0.1) is 0 Å². The minimum Gasteiger partial charge on any atom is -0.487 e. The van der Waals surface area contributed by atoms with E-state index in [1.807, 2.05) is 42.5 Å². The summed E-state index contributed by atoms with van der Waals surface area (Å²) in [5, 5.41) is 0. The molecule has 2 fully saturated rings. The lowest BCUT2D eigenvalue weighted by Gasteiger charge is -2.30. The number of pyridine rings is 1. The topological polar surface area (TPSA) is 47.1 Å². The van der Waals surface area contributed by atoms with Gasteiger partial charge in [-0.1, -0.05) is 36.3 Å². The van der Waals surface area contributed by atoms with Gasteiger partial charge in [-0.05, 0) is 30.7 Å². The molecule has 0 saturated carbocycles. The van der Waals surface area contributed by atoms with Crippen LogP contribution in [0, 0.1) is 11.8 Å². The third kappa shape index (κ3) is 5.55. The SMILES string of the molecule is CN1CCN(CC#Cc2ccc(OCc3ccccc3)c(C3OCCO3)n2)CC1. The van der Waals surface area contributed by atoms with Crippen molar-refractivity contribution < 1.29 is 14.2 Å². The molecule has 2 saturated heterocycles. The summed E-state index contributed by atoms with van der Waals surface area (Å²) in [7, 11) is 2.16. The summed E-state index contributed by atoms with van der Waals surface area (Å²) in [6.07, 6.45) is -0.500. The largest absolute Gasteiger partial charge is 0.487 e. The number of benzene rings is 1. The van der Waals surface area contributed by atoms with E-state index in [1.54, 1.807) is 0 Å². The highest BCUT2D eigenvalue weighted by Crippen LogP contribution is 2.30. The maximum Gasteiger partial charge on any atom is 0.205 e. The van der Waals surface area contributed by atoms with E-state index in [4.69, 9.17) is 14.2 Å². The molecule has 0 N–H and O–H groups in total. The zero-order valence-electron chi connectivity index (χ0n) is 16.8. The van der Waals surface area contributed by atoms with E-state index in [1.165, 1.54) is 0 Å². The van der Waals surface area contributed by atoms with Crippen molar-refractivity contribution in [3.8, 4) is 17.6 Å². The van der Waals surface area contributed by atoms with Crippen molar-refractivity contribution in [3.63, 3.8) is 0 Å². The van der Waals surface area contributed by atoms with Crippen molar-refractivity contribution in [2.24, 2.45) is 0 Å². The molecule has 0 spiro atoms. The zero-order valence-corrected chi connectivity index (χ0v) is 16.8. The second-order valence-electron chi connectivity index (χ2n) is 7.31. The molecule has 1 aromatic carbocycles. The first-order valence-corrected chi connectivity index (χ1v) is 10.1. The van der Waals surface area contributed by atoms with Crippen LogP contribution < -0.4 is 4.74 Å². The van der Waals surface area contributed by atoms with Gasteiger partial charge in [0.15, 0.2) is 0 Å². The smallest absolute Gasteiger partial charge is 0.205 e. The van der Waals surface area contributed by atoms with Crippen LogP contribution in [-0.4, -0.2) is 67.8 Å². The Labute approximate surface area is 172 Å². The van der Waals surface area contributed by atoms with Gasteiger partial charge in [-0.25, -0.2) is 4.98 Å². The van der Waals surface area contributed by atoms with Gasteiger partial charge in [0.05, 0.1) is 19.8 Å². The average Bonchev–Trinajstić information content (AvgIpc) is 3.30. The van der Waals surface area contributed by atoms with E-state index < -0.39 is 6.29 Å². The van der Waals surface area contributed by atoms with Crippen LogP contribution in [0.3, 0.4) is 0 Å². The highest BCUT2D eigenvalue weighted by molar-refractivity contribution is 5.37. The lowest BCUT2D eigenvalue weighted by atomic mass is 10.2. The van der Waals surface area contributed by atoms with E-state index in [9.17, 15) is 0 Å². The standard InChI is InChI=1S/C23H27N3O3/c1-25-12-14-26(15-13-25)11-5-8-20-9-10-21(22(24-20)23-27-16-17-28-23)29-18-19-6-3-2-4-7-19/h2-4,6-7,9-10,23H,11-18H2,1H3. The molecular formula is C23H27N3O3. The highest BCUT2D eigenvalue weighted by atomic mass is 16.7. The van der Waals surface area contributed by atoms with Crippen molar-refractivity contribution in [1.82, 2.24) is 14.8 Å². The van der Waals surface area contributed by atoms with Crippen LogP contribution in [0.1, 0.15) is 23.2 Å². The molecule has 0 radical (unpaired) electrons. The minimum atomic E-state index is -0.500. The van der Waals surface area contributed by atoms with E-state index in [0.717, 1.165) is 38.3 Å². The van der Waals surface area contributed by atoms with Crippen LogP contribution in [0.2, 0.25) is 0 Å². The summed E-state index contributed by atoms with van der Waals surface area (Å²) in [6, 6.07) is 13.9. The van der Waals surface area contributed by atoms with Crippen LogP contribution in [-0.2, 0) is 16.1 Å². The van der Waals surface area contributed by atoms with Gasteiger partial charge in [0.2, 0.25) is 6.29 Å². The maximum absolute atomic E-state index is 6.02. The molecule has 0 amide bonds. The summed E-state index contributed by atoms with van der Waals surface area (Å²) in [5.74, 6) is 7.11. The van der Waals surface area contributed by atoms with Crippen LogP contribution in [0.5, 0.6) is 5.75 Å². The molecule has 3 heterocycles. The van der Waals surface area contributed by atoms with Crippen LogP contribution in [0.15, 0.2) is 42.5 Å². The van der Waals surface area contributed by atoms with Gasteiger partial charge in [-0.3, -0.25) is 4.90 Å². The molecule has 6 nitrogen and oxygen atoms in total. The zero-order chi connectivity index (χ0) is 19.9. The van der Waals surface area contributed by atoms with Crippen molar-refractivity contribution in [3.05, 3.63) is 59.4 Å². The van der Waals surface area contributed by atoms with Crippen LogP contribution in [0.25, 0.3) is 0 Å². The maximum atomic E-state index is 6.02. The molecule has 2 aromatic rings. The molecule has 2 aliphatic heterocycles. The molecule has 0 unspecified atom stereocenters. The number of rotatable bonds is 5. The molecular weight excluding hydrogens is 366 g/mol. The second kappa shape index (κ2) is 9.86. The molecule has 29 heavy (non-hydrogen) atoms. The first-order chi connectivity index (χ1) is 14.3. The average molecular weight is 393 g/mol. The number of hydrogen-bond acceptors (Lipinski definition) is 6. The Hall–Kier alpha value is -2.43. The Kier molecular flexibility index (Phi) is 6.75. The Morgan fingerprint density at radius 2 is 1.79 bits per heavy atom. The molecule has 1 aromatic heterocycles. The van der Waals surface area contributed by atoms with Crippen molar-refractivity contribution in [1.29, 1.82) is 0 Å². The van der Waals surface area contributed by atoms with E-state index in [2.05, 4.69) is 33.7 Å². The highest BCUT2D eigenvalue weighted by Gasteiger charge is 2.24. The third-order valence-corrected chi connectivity index (χ3v) is 5.08. The Balaban J connectivity index is 1.45. The number of aromatic nitrogens is 1. The fraction of sp³-hybridized carbons (Fsp3) is 0.435. The van der Waals surface area contributed by atoms with Crippen LogP contribution in [0.4, 0.5) is 0 Å². The number of ether oxygens (including phenoxy) is 3. The van der Waals surface area contributed by atoms with E-state index in [-0.39, 0.29) is 0 Å². The molecule has 6 heteroatoms. The Morgan fingerprint density at radius 1 is 1.03 bits per heavy atom. The molecule has 0 atom stereocenters. The number of likely N-dealkylation sites (N-methyl/N-ethyl adjacent to an activating group) is 1. The lowest BCUT2D eigenvalue weighted by molar-refractivity contribution is -0.0492. The van der Waals surface area contributed by atoms with Crippen molar-refractivity contribution in [2.75, 3.05) is 53.0 Å². The van der Waals surface area contributed by atoms with Crippen LogP contribution >= 0.6 is 0 Å². The number of nitrogens with zero attached hydrogens (tertiary/aromatic N) is 3. The predicted molar refractivity (Wildman–Crippen MR) is 110 cm³/mol. The van der Waals surface area contributed by atoms with E-state index in [0.29, 0.717) is 37.0 Å². The molecule has 4 rings (SSSR count). The van der Waals surface area contributed by atoms with Crippen molar-refractivity contribution in [2.45, 2.75) is 12.9 Å². The van der Waals surface area contributed by atoms with Gasteiger partial charge < -0.3 is 19.1 Å². The molecule has 0 aliphatic carbocycles. The summed E-state index contributed by atoms with van der Waals surface area (Å²) >= 11 is 0. The quantitative estimate of drug-likeness (QED) is 0.727. The summed E-state index contributed by atoms with van der Waals surface area (Å²) in [5.41, 5.74) is 2.47. The number of hydrogen-bond donors (Lipinski definition) is 0. The monoisotopic (exact) mass is 393 g/mol. The normalized spacial score (nSPS) is 18.4. The van der Waals surface area contributed by atoms with Gasteiger partial charge in [0.1, 0.15) is 23.7 Å². The Bertz CT molecular complexity index is 849. The minimum absolute atomic E-state index is 0.469. The number of piperazine rings is 1. The summed E-state index contributed by atoms with van der Waals surface area (Å²) in [4.78, 5) is 9.40. The molecule has 152 valence electrons. The first kappa shape index (κ1) is 19.9. The lowest BCUT2D eigenvalue weighted by Crippen LogP contribution is -2.44. The van der Waals surface area contributed by atoms with Gasteiger partial charge in [-0.2, -0.15) is 0 Å². The Morgan fingerprint density at radius 3 is 2.55 bits per heavy atom. The van der Waals surface area contributed by atoms with Gasteiger partial charge in [0.25, 0.3) is 0 Å². The fourth-order valence-corrected chi connectivity index (χ4v) is 3.32. The summed E-state index contributed by atoms with van der Waals surface area (Å²) < 4.78 is 17.4. The fourth-order valence-electron chi connectivity index (χ4n) is 3.32. The van der Waals surface area contributed by atoms with E-state index >= 15 is 0 Å².